The van der Waals surface area contributed by atoms with Crippen LogP contribution in [0.5, 0.6) is 0 Å². The maximum atomic E-state index is 12.9. The van der Waals surface area contributed by atoms with Crippen molar-refractivity contribution in [3.05, 3.63) is 78.2 Å². The quantitative estimate of drug-likeness (QED) is 0.500. The van der Waals surface area contributed by atoms with Crippen LogP contribution < -0.4 is 4.90 Å². The second-order valence-corrected chi connectivity index (χ2v) is 6.25. The number of fused-ring (bicyclic) bond motifs is 1. The number of pyridine rings is 1. The van der Waals surface area contributed by atoms with Gasteiger partial charge >= 0.3 is 5.97 Å². The number of hydrogen-bond acceptors (Lipinski definition) is 6. The van der Waals surface area contributed by atoms with Gasteiger partial charge in [0.15, 0.2) is 5.65 Å². The average molecular weight is 387 g/mol. The third kappa shape index (κ3) is 3.43. The van der Waals surface area contributed by atoms with Gasteiger partial charge in [-0.15, -0.1) is 0 Å². The second-order valence-electron chi connectivity index (χ2n) is 6.25. The van der Waals surface area contributed by atoms with Gasteiger partial charge in [-0.3, -0.25) is 14.7 Å². The fraction of sp³-hybridized carbons (Fsp3) is 0.0952. The van der Waals surface area contributed by atoms with E-state index < -0.39 is 5.97 Å². The van der Waals surface area contributed by atoms with Gasteiger partial charge in [0.05, 0.1) is 24.6 Å². The van der Waals surface area contributed by atoms with Crippen LogP contribution in [-0.2, 0) is 4.74 Å². The number of hydrogen-bond donors (Lipinski definition) is 0. The minimum Gasteiger partial charge on any atom is -0.465 e. The van der Waals surface area contributed by atoms with E-state index in [1.54, 1.807) is 29.9 Å². The van der Waals surface area contributed by atoms with E-state index >= 15 is 0 Å². The minimum atomic E-state index is -0.509. The van der Waals surface area contributed by atoms with Gasteiger partial charge in [-0.25, -0.2) is 14.3 Å². The number of carbonyl (C=O) groups is 2. The Hall–Kier alpha value is -4.07. The summed E-state index contributed by atoms with van der Waals surface area (Å²) in [5.74, 6) is -0.400. The monoisotopic (exact) mass is 387 g/mol. The lowest BCUT2D eigenvalue weighted by Crippen LogP contribution is -2.28. The molecule has 4 rings (SSSR count). The van der Waals surface area contributed by atoms with E-state index in [1.165, 1.54) is 30.3 Å². The molecular weight excluding hydrogens is 370 g/mol. The van der Waals surface area contributed by atoms with Crippen LogP contribution in [0.3, 0.4) is 0 Å². The fourth-order valence-electron chi connectivity index (χ4n) is 2.92. The summed E-state index contributed by atoms with van der Waals surface area (Å²) in [5, 5.41) is 4.33. The number of rotatable bonds is 4. The summed E-state index contributed by atoms with van der Waals surface area (Å²) in [6.45, 7) is 0. The van der Waals surface area contributed by atoms with Crippen LogP contribution in [0.2, 0.25) is 0 Å². The zero-order valence-electron chi connectivity index (χ0n) is 15.8. The lowest BCUT2D eigenvalue weighted by Gasteiger charge is -2.17. The Morgan fingerprint density at radius 2 is 1.86 bits per heavy atom. The summed E-state index contributed by atoms with van der Waals surface area (Å²) in [5.41, 5.74) is 2.85. The van der Waals surface area contributed by atoms with Crippen LogP contribution >= 0.6 is 0 Å². The molecule has 0 bridgehead atoms. The number of carbonyl (C=O) groups excluding carboxylic acids is 2. The standard InChI is InChI=1S/C21H17N5O3/c1-25(20(27)16-9-8-15(13-22-16)21(28)29-2)19-12-17(14-6-4-3-5-7-14)26-18(24-19)10-11-23-26/h3-13H,1-2H3. The molecule has 3 aromatic heterocycles. The van der Waals surface area contributed by atoms with Crippen molar-refractivity contribution in [2.24, 2.45) is 0 Å². The minimum absolute atomic E-state index is 0.191. The Balaban J connectivity index is 1.71. The molecule has 29 heavy (non-hydrogen) atoms. The van der Waals surface area contributed by atoms with Gasteiger partial charge in [-0.05, 0) is 12.1 Å². The van der Waals surface area contributed by atoms with Gasteiger partial charge in [0.1, 0.15) is 11.5 Å². The summed E-state index contributed by atoms with van der Waals surface area (Å²) < 4.78 is 6.37. The Labute approximate surface area is 166 Å². The highest BCUT2D eigenvalue weighted by Gasteiger charge is 2.19. The van der Waals surface area contributed by atoms with E-state index in [9.17, 15) is 9.59 Å². The Morgan fingerprint density at radius 1 is 1.07 bits per heavy atom. The SMILES string of the molecule is COC(=O)c1ccc(C(=O)N(C)c2cc(-c3ccccc3)n3nccc3n2)nc1. The summed E-state index contributed by atoms with van der Waals surface area (Å²) in [6, 6.07) is 16.3. The normalized spacial score (nSPS) is 10.7. The first kappa shape index (κ1) is 18.3. The molecule has 0 fully saturated rings. The van der Waals surface area contributed by atoms with Crippen molar-refractivity contribution in [1.29, 1.82) is 0 Å². The molecular formula is C21H17N5O3. The molecule has 0 saturated heterocycles. The van der Waals surface area contributed by atoms with Crippen molar-refractivity contribution < 1.29 is 14.3 Å². The maximum absolute atomic E-state index is 12.9. The van der Waals surface area contributed by atoms with E-state index in [4.69, 9.17) is 0 Å². The first-order valence-electron chi connectivity index (χ1n) is 8.81. The second kappa shape index (κ2) is 7.51. The Bertz CT molecular complexity index is 1190. The van der Waals surface area contributed by atoms with Gasteiger partial charge in [-0.1, -0.05) is 30.3 Å². The zero-order chi connectivity index (χ0) is 20.4. The van der Waals surface area contributed by atoms with E-state index in [-0.39, 0.29) is 17.2 Å². The lowest BCUT2D eigenvalue weighted by atomic mass is 10.1. The molecule has 0 N–H and O–H groups in total. The van der Waals surface area contributed by atoms with E-state index in [0.717, 1.165) is 11.3 Å². The molecule has 8 nitrogen and oxygen atoms in total. The molecule has 1 aromatic carbocycles. The molecule has 0 unspecified atom stereocenters. The highest BCUT2D eigenvalue weighted by Crippen LogP contribution is 2.24. The molecule has 0 aliphatic rings. The fourth-order valence-corrected chi connectivity index (χ4v) is 2.92. The number of benzene rings is 1. The smallest absolute Gasteiger partial charge is 0.339 e. The van der Waals surface area contributed by atoms with Crippen molar-refractivity contribution in [2.75, 3.05) is 19.1 Å². The van der Waals surface area contributed by atoms with Gasteiger partial charge in [0.2, 0.25) is 0 Å². The highest BCUT2D eigenvalue weighted by molar-refractivity contribution is 6.04. The average Bonchev–Trinajstić information content (AvgIpc) is 3.26. The van der Waals surface area contributed by atoms with Crippen molar-refractivity contribution in [1.82, 2.24) is 19.6 Å². The molecule has 0 aliphatic carbocycles. The van der Waals surface area contributed by atoms with Crippen LogP contribution in [0, 0.1) is 0 Å². The van der Waals surface area contributed by atoms with Crippen molar-refractivity contribution in [2.45, 2.75) is 0 Å². The van der Waals surface area contributed by atoms with Crippen molar-refractivity contribution >= 4 is 23.3 Å². The third-order valence-electron chi connectivity index (χ3n) is 4.47. The number of anilines is 1. The van der Waals surface area contributed by atoms with Crippen LogP contribution in [0.1, 0.15) is 20.8 Å². The number of methoxy groups -OCH3 is 1. The van der Waals surface area contributed by atoms with Gasteiger partial charge in [0.25, 0.3) is 5.91 Å². The number of amides is 1. The van der Waals surface area contributed by atoms with Crippen LogP contribution in [0.25, 0.3) is 16.9 Å². The number of esters is 1. The molecule has 8 heteroatoms. The van der Waals surface area contributed by atoms with Gasteiger partial charge < -0.3 is 4.74 Å². The van der Waals surface area contributed by atoms with Crippen LogP contribution in [0.4, 0.5) is 5.82 Å². The summed E-state index contributed by atoms with van der Waals surface area (Å²) >= 11 is 0. The van der Waals surface area contributed by atoms with E-state index in [2.05, 4.69) is 19.8 Å². The highest BCUT2D eigenvalue weighted by atomic mass is 16.5. The topological polar surface area (TPSA) is 89.7 Å². The van der Waals surface area contributed by atoms with Gasteiger partial charge in [-0.2, -0.15) is 5.10 Å². The molecule has 144 valence electrons. The van der Waals surface area contributed by atoms with Crippen molar-refractivity contribution in [3.63, 3.8) is 0 Å². The third-order valence-corrected chi connectivity index (χ3v) is 4.47. The Morgan fingerprint density at radius 3 is 2.55 bits per heavy atom. The molecule has 3 heterocycles. The molecule has 0 spiro atoms. The predicted octanol–water partition coefficient (Wildman–Crippen LogP) is 2.85. The number of aromatic nitrogens is 4. The molecule has 0 radical (unpaired) electrons. The Kier molecular flexibility index (Phi) is 4.74. The summed E-state index contributed by atoms with van der Waals surface area (Å²) in [4.78, 5) is 34.5. The molecule has 0 aliphatic heterocycles. The molecule has 4 aromatic rings. The maximum Gasteiger partial charge on any atom is 0.339 e. The van der Waals surface area contributed by atoms with E-state index in [1.807, 2.05) is 30.3 Å². The lowest BCUT2D eigenvalue weighted by molar-refractivity contribution is 0.0600. The van der Waals surface area contributed by atoms with Crippen molar-refractivity contribution in [3.8, 4) is 11.3 Å². The first-order valence-corrected chi connectivity index (χ1v) is 8.81. The molecule has 1 amide bonds. The van der Waals surface area contributed by atoms with Crippen LogP contribution in [0.15, 0.2) is 67.0 Å². The molecule has 0 atom stereocenters. The number of nitrogens with zero attached hydrogens (tertiary/aromatic N) is 5. The van der Waals surface area contributed by atoms with E-state index in [0.29, 0.717) is 11.5 Å². The largest absolute Gasteiger partial charge is 0.465 e. The predicted molar refractivity (Wildman–Crippen MR) is 107 cm³/mol. The van der Waals surface area contributed by atoms with Gasteiger partial charge in [0, 0.05) is 30.9 Å². The van der Waals surface area contributed by atoms with Crippen LogP contribution in [-0.4, -0.2) is 45.6 Å². The molecule has 0 saturated carbocycles. The number of ether oxygens (including phenoxy) is 1. The zero-order valence-corrected chi connectivity index (χ0v) is 15.8. The summed E-state index contributed by atoms with van der Waals surface area (Å²) in [6.07, 6.45) is 2.98. The summed E-state index contributed by atoms with van der Waals surface area (Å²) in [7, 11) is 2.92. The first-order chi connectivity index (χ1) is 14.1.